The Kier molecular flexibility index (Phi) is 3.73. The molecule has 0 radical (unpaired) electrons. The summed E-state index contributed by atoms with van der Waals surface area (Å²) < 4.78 is 27.5. The van der Waals surface area contributed by atoms with Crippen molar-refractivity contribution in [3.05, 3.63) is 23.8 Å². The van der Waals surface area contributed by atoms with E-state index in [2.05, 4.69) is 10.0 Å². The van der Waals surface area contributed by atoms with Gasteiger partial charge in [-0.05, 0) is 43.1 Å². The van der Waals surface area contributed by atoms with E-state index in [-0.39, 0.29) is 16.8 Å². The molecule has 3 rings (SSSR count). The topological polar surface area (TPSA) is 78.5 Å². The summed E-state index contributed by atoms with van der Waals surface area (Å²) in [6.07, 6.45) is 1.51. The number of fused-ring (bicyclic) bond motifs is 1. The Hall–Kier alpha value is -1.44. The number of carbonyl (C=O) groups is 1. The molecule has 0 spiro atoms. The molecular formula is C14H19N3O3S. The van der Waals surface area contributed by atoms with Gasteiger partial charge in [-0.2, -0.15) is 0 Å². The first kappa shape index (κ1) is 14.5. The maximum atomic E-state index is 12.4. The van der Waals surface area contributed by atoms with Crippen LogP contribution >= 0.6 is 0 Å². The second-order valence-electron chi connectivity index (χ2n) is 5.52. The Morgan fingerprint density at radius 2 is 2.24 bits per heavy atom. The Bertz CT molecular complexity index is 666. The summed E-state index contributed by atoms with van der Waals surface area (Å²) >= 11 is 0. The molecule has 1 atom stereocenters. The molecule has 7 heteroatoms. The maximum Gasteiger partial charge on any atom is 0.240 e. The fourth-order valence-corrected chi connectivity index (χ4v) is 4.24. The molecule has 0 saturated carbocycles. The van der Waals surface area contributed by atoms with Crippen LogP contribution in [0.4, 0.5) is 5.69 Å². The van der Waals surface area contributed by atoms with Crippen molar-refractivity contribution < 1.29 is 13.2 Å². The van der Waals surface area contributed by atoms with E-state index in [1.165, 1.54) is 6.92 Å². The predicted octanol–water partition coefficient (Wildman–Crippen LogP) is 0.236. The Morgan fingerprint density at radius 1 is 1.43 bits per heavy atom. The number of rotatable bonds is 3. The van der Waals surface area contributed by atoms with Gasteiger partial charge in [0.15, 0.2) is 0 Å². The molecule has 1 aromatic rings. The molecule has 1 unspecified atom stereocenters. The molecule has 1 amide bonds. The second kappa shape index (κ2) is 5.40. The fourth-order valence-electron chi connectivity index (χ4n) is 2.92. The third-order valence-electron chi connectivity index (χ3n) is 4.02. The SMILES string of the molecule is CC(=O)N1CCc2cc(S(=O)(=O)NC3CCNC3)ccc21. The van der Waals surface area contributed by atoms with E-state index in [4.69, 9.17) is 0 Å². The second-order valence-corrected chi connectivity index (χ2v) is 7.24. The van der Waals surface area contributed by atoms with E-state index >= 15 is 0 Å². The number of nitrogens with zero attached hydrogens (tertiary/aromatic N) is 1. The van der Waals surface area contributed by atoms with Gasteiger partial charge in [0.05, 0.1) is 4.90 Å². The van der Waals surface area contributed by atoms with Gasteiger partial charge in [-0.3, -0.25) is 4.79 Å². The van der Waals surface area contributed by atoms with Crippen molar-refractivity contribution in [1.82, 2.24) is 10.0 Å². The monoisotopic (exact) mass is 309 g/mol. The van der Waals surface area contributed by atoms with Gasteiger partial charge in [0.25, 0.3) is 0 Å². The summed E-state index contributed by atoms with van der Waals surface area (Å²) in [5.74, 6) is -0.0143. The summed E-state index contributed by atoms with van der Waals surface area (Å²) in [6, 6.07) is 4.94. The molecule has 0 bridgehead atoms. The number of anilines is 1. The number of hydrogen-bond acceptors (Lipinski definition) is 4. The highest BCUT2D eigenvalue weighted by Gasteiger charge is 2.26. The van der Waals surface area contributed by atoms with Gasteiger partial charge in [0.2, 0.25) is 15.9 Å². The van der Waals surface area contributed by atoms with Crippen molar-refractivity contribution in [2.45, 2.75) is 30.7 Å². The number of sulfonamides is 1. The van der Waals surface area contributed by atoms with Crippen molar-refractivity contribution in [2.75, 3.05) is 24.5 Å². The van der Waals surface area contributed by atoms with Gasteiger partial charge in [-0.25, -0.2) is 13.1 Å². The van der Waals surface area contributed by atoms with Crippen molar-refractivity contribution >= 4 is 21.6 Å². The minimum atomic E-state index is -3.50. The minimum Gasteiger partial charge on any atom is -0.315 e. The average Bonchev–Trinajstić information content (AvgIpc) is 3.05. The van der Waals surface area contributed by atoms with Crippen LogP contribution in [0.3, 0.4) is 0 Å². The lowest BCUT2D eigenvalue weighted by Gasteiger charge is -2.16. The van der Waals surface area contributed by atoms with Crippen molar-refractivity contribution in [3.63, 3.8) is 0 Å². The molecule has 1 saturated heterocycles. The number of hydrogen-bond donors (Lipinski definition) is 2. The van der Waals surface area contributed by atoms with Crippen LogP contribution < -0.4 is 14.9 Å². The zero-order chi connectivity index (χ0) is 15.0. The summed E-state index contributed by atoms with van der Waals surface area (Å²) in [7, 11) is -3.50. The fraction of sp³-hybridized carbons (Fsp3) is 0.500. The predicted molar refractivity (Wildman–Crippen MR) is 79.8 cm³/mol. The summed E-state index contributed by atoms with van der Waals surface area (Å²) in [5.41, 5.74) is 1.74. The van der Waals surface area contributed by atoms with Gasteiger partial charge in [0, 0.05) is 31.7 Å². The standard InChI is InChI=1S/C14H19N3O3S/c1-10(18)17-7-5-11-8-13(2-3-14(11)17)21(19,20)16-12-4-6-15-9-12/h2-3,8,12,15-16H,4-7,9H2,1H3. The van der Waals surface area contributed by atoms with Crippen LogP contribution in [0, 0.1) is 0 Å². The van der Waals surface area contributed by atoms with E-state index in [1.54, 1.807) is 23.1 Å². The van der Waals surface area contributed by atoms with Crippen molar-refractivity contribution in [1.29, 1.82) is 0 Å². The lowest BCUT2D eigenvalue weighted by Crippen LogP contribution is -2.36. The lowest BCUT2D eigenvalue weighted by atomic mass is 10.2. The van der Waals surface area contributed by atoms with Crippen LogP contribution in [0.1, 0.15) is 18.9 Å². The molecule has 0 aliphatic carbocycles. The normalized spacial score (nSPS) is 21.6. The zero-order valence-electron chi connectivity index (χ0n) is 11.9. The highest BCUT2D eigenvalue weighted by molar-refractivity contribution is 7.89. The quantitative estimate of drug-likeness (QED) is 0.838. The van der Waals surface area contributed by atoms with E-state index in [0.717, 1.165) is 24.2 Å². The number of amides is 1. The van der Waals surface area contributed by atoms with Crippen LogP contribution in [0.5, 0.6) is 0 Å². The smallest absolute Gasteiger partial charge is 0.240 e. The van der Waals surface area contributed by atoms with Gasteiger partial charge >= 0.3 is 0 Å². The van der Waals surface area contributed by atoms with Crippen LogP contribution in [0.25, 0.3) is 0 Å². The molecule has 2 N–H and O–H groups in total. The highest BCUT2D eigenvalue weighted by atomic mass is 32.2. The van der Waals surface area contributed by atoms with Gasteiger partial charge in [-0.15, -0.1) is 0 Å². The third kappa shape index (κ3) is 2.81. The third-order valence-corrected chi connectivity index (χ3v) is 5.54. The molecule has 1 aromatic carbocycles. The van der Waals surface area contributed by atoms with Crippen LogP contribution in [-0.4, -0.2) is 40.0 Å². The molecule has 114 valence electrons. The molecule has 2 aliphatic rings. The number of carbonyl (C=O) groups excluding carboxylic acids is 1. The van der Waals surface area contributed by atoms with Gasteiger partial charge in [-0.1, -0.05) is 0 Å². The molecule has 2 heterocycles. The first-order valence-electron chi connectivity index (χ1n) is 7.11. The molecule has 1 fully saturated rings. The summed E-state index contributed by atoms with van der Waals surface area (Å²) in [4.78, 5) is 13.5. The largest absolute Gasteiger partial charge is 0.315 e. The first-order chi connectivity index (χ1) is 9.97. The van der Waals surface area contributed by atoms with Gasteiger partial charge in [0.1, 0.15) is 0 Å². The molecule has 2 aliphatic heterocycles. The van der Waals surface area contributed by atoms with E-state index in [9.17, 15) is 13.2 Å². The van der Waals surface area contributed by atoms with Crippen LogP contribution in [0.15, 0.2) is 23.1 Å². The molecule has 6 nitrogen and oxygen atoms in total. The van der Waals surface area contributed by atoms with Gasteiger partial charge < -0.3 is 10.2 Å². The minimum absolute atomic E-state index is 0.0143. The molecular weight excluding hydrogens is 290 g/mol. The first-order valence-corrected chi connectivity index (χ1v) is 8.60. The van der Waals surface area contributed by atoms with E-state index in [1.807, 2.05) is 0 Å². The van der Waals surface area contributed by atoms with E-state index in [0.29, 0.717) is 19.5 Å². The zero-order valence-corrected chi connectivity index (χ0v) is 12.7. The number of nitrogens with one attached hydrogen (secondary N) is 2. The lowest BCUT2D eigenvalue weighted by molar-refractivity contribution is -0.116. The van der Waals surface area contributed by atoms with Crippen molar-refractivity contribution in [2.24, 2.45) is 0 Å². The average molecular weight is 309 g/mol. The van der Waals surface area contributed by atoms with Crippen LogP contribution in [0.2, 0.25) is 0 Å². The maximum absolute atomic E-state index is 12.4. The van der Waals surface area contributed by atoms with Crippen molar-refractivity contribution in [3.8, 4) is 0 Å². The Labute approximate surface area is 124 Å². The Balaban J connectivity index is 1.85. The van der Waals surface area contributed by atoms with Crippen LogP contribution in [-0.2, 0) is 21.2 Å². The highest BCUT2D eigenvalue weighted by Crippen LogP contribution is 2.30. The summed E-state index contributed by atoms with van der Waals surface area (Å²) in [6.45, 7) is 3.65. The Morgan fingerprint density at radius 3 is 2.90 bits per heavy atom. The molecule has 21 heavy (non-hydrogen) atoms. The number of benzene rings is 1. The van der Waals surface area contributed by atoms with E-state index < -0.39 is 10.0 Å². The molecule has 0 aromatic heterocycles. The summed E-state index contributed by atoms with van der Waals surface area (Å²) in [5, 5.41) is 3.14.